The lowest BCUT2D eigenvalue weighted by atomic mass is 9.92. The van der Waals surface area contributed by atoms with Gasteiger partial charge in [-0.1, -0.05) is 20.8 Å². The molecule has 0 aliphatic carbocycles. The van der Waals surface area contributed by atoms with E-state index < -0.39 is 0 Å². The van der Waals surface area contributed by atoms with Gasteiger partial charge < -0.3 is 4.90 Å². The van der Waals surface area contributed by atoms with Gasteiger partial charge in [-0.3, -0.25) is 14.5 Å². The molecular weight excluding hydrogens is 344 g/mol. The minimum Gasteiger partial charge on any atom is -0.333 e. The molecule has 0 unspecified atom stereocenters. The van der Waals surface area contributed by atoms with Crippen LogP contribution >= 0.6 is 0 Å². The van der Waals surface area contributed by atoms with Crippen LogP contribution in [0.2, 0.25) is 0 Å². The van der Waals surface area contributed by atoms with E-state index in [1.807, 2.05) is 0 Å². The van der Waals surface area contributed by atoms with Gasteiger partial charge in [0, 0.05) is 56.6 Å². The normalized spacial score (nSPS) is 15.7. The molecule has 8 nitrogen and oxygen atoms in total. The van der Waals surface area contributed by atoms with Crippen molar-refractivity contribution in [2.75, 3.05) is 32.7 Å². The zero-order valence-corrected chi connectivity index (χ0v) is 16.1. The molecule has 3 rings (SSSR count). The number of hydrogen-bond acceptors (Lipinski definition) is 6. The van der Waals surface area contributed by atoms with Crippen LogP contribution in [0.3, 0.4) is 0 Å². The molecule has 1 aliphatic rings. The minimum absolute atomic E-state index is 0.0851. The summed E-state index contributed by atoms with van der Waals surface area (Å²) in [6, 6.07) is 5.08. The Morgan fingerprint density at radius 3 is 2.33 bits per heavy atom. The maximum Gasteiger partial charge on any atom is 0.291 e. The highest BCUT2D eigenvalue weighted by atomic mass is 16.2. The standard InChI is InChI=1S/C19H26N6O2/c1-19(2,3)15-5-6-16(26)25(22-15)14-11-23-9-12-24(13-10-23)18(27)17-20-7-4-8-21-17/h4-8H,9-14H2,1-3H3. The van der Waals surface area contributed by atoms with E-state index >= 15 is 0 Å². The van der Waals surface area contributed by atoms with Gasteiger partial charge >= 0.3 is 0 Å². The third-order valence-corrected chi connectivity index (χ3v) is 4.68. The van der Waals surface area contributed by atoms with E-state index in [2.05, 4.69) is 40.7 Å². The Kier molecular flexibility index (Phi) is 5.65. The summed E-state index contributed by atoms with van der Waals surface area (Å²) < 4.78 is 1.54. The molecule has 0 aromatic carbocycles. The zero-order chi connectivity index (χ0) is 19.4. The first-order chi connectivity index (χ1) is 12.8. The summed E-state index contributed by atoms with van der Waals surface area (Å²) in [5.74, 6) is 0.103. The second kappa shape index (κ2) is 7.96. The lowest BCUT2D eigenvalue weighted by Gasteiger charge is -2.34. The number of carbonyl (C=O) groups is 1. The largest absolute Gasteiger partial charge is 0.333 e. The van der Waals surface area contributed by atoms with Crippen LogP contribution in [0.5, 0.6) is 0 Å². The Morgan fingerprint density at radius 2 is 1.70 bits per heavy atom. The summed E-state index contributed by atoms with van der Waals surface area (Å²) in [5.41, 5.74) is 0.722. The van der Waals surface area contributed by atoms with Crippen molar-refractivity contribution in [3.63, 3.8) is 0 Å². The molecule has 0 spiro atoms. The molecule has 1 fully saturated rings. The van der Waals surface area contributed by atoms with Crippen molar-refractivity contribution in [2.45, 2.75) is 32.7 Å². The monoisotopic (exact) mass is 370 g/mol. The van der Waals surface area contributed by atoms with Crippen LogP contribution in [-0.2, 0) is 12.0 Å². The molecule has 0 saturated carbocycles. The van der Waals surface area contributed by atoms with Gasteiger partial charge in [-0.05, 0) is 12.1 Å². The van der Waals surface area contributed by atoms with E-state index in [-0.39, 0.29) is 22.7 Å². The Labute approximate surface area is 158 Å². The first-order valence-corrected chi connectivity index (χ1v) is 9.22. The summed E-state index contributed by atoms with van der Waals surface area (Å²) in [5, 5.41) is 4.51. The average molecular weight is 370 g/mol. The number of aromatic nitrogens is 4. The second-order valence-electron chi connectivity index (χ2n) is 7.74. The van der Waals surface area contributed by atoms with Crippen molar-refractivity contribution in [2.24, 2.45) is 0 Å². The van der Waals surface area contributed by atoms with Gasteiger partial charge in [0.1, 0.15) is 0 Å². The summed E-state index contributed by atoms with van der Waals surface area (Å²) in [6.07, 6.45) is 3.15. The molecule has 8 heteroatoms. The Hall–Kier alpha value is -2.61. The molecule has 3 heterocycles. The van der Waals surface area contributed by atoms with Crippen molar-refractivity contribution >= 4 is 5.91 Å². The fourth-order valence-corrected chi connectivity index (χ4v) is 2.97. The predicted octanol–water partition coefficient (Wildman–Crippen LogP) is 0.789. The highest BCUT2D eigenvalue weighted by molar-refractivity contribution is 5.90. The summed E-state index contributed by atoms with van der Waals surface area (Å²) in [4.78, 5) is 36.5. The maximum absolute atomic E-state index is 12.4. The minimum atomic E-state index is -0.133. The maximum atomic E-state index is 12.4. The second-order valence-corrected chi connectivity index (χ2v) is 7.74. The van der Waals surface area contributed by atoms with Gasteiger partial charge in [-0.2, -0.15) is 5.10 Å². The number of amides is 1. The molecule has 0 N–H and O–H groups in total. The first kappa shape index (κ1) is 19.2. The van der Waals surface area contributed by atoms with Crippen LogP contribution in [-0.4, -0.2) is 68.2 Å². The smallest absolute Gasteiger partial charge is 0.291 e. The van der Waals surface area contributed by atoms with E-state index in [1.54, 1.807) is 35.5 Å². The number of carbonyl (C=O) groups excluding carboxylic acids is 1. The average Bonchev–Trinajstić information content (AvgIpc) is 2.67. The van der Waals surface area contributed by atoms with Crippen LogP contribution < -0.4 is 5.56 Å². The fourth-order valence-electron chi connectivity index (χ4n) is 2.97. The van der Waals surface area contributed by atoms with Crippen molar-refractivity contribution in [3.05, 3.63) is 52.5 Å². The quantitative estimate of drug-likeness (QED) is 0.791. The van der Waals surface area contributed by atoms with Crippen molar-refractivity contribution in [1.82, 2.24) is 29.5 Å². The van der Waals surface area contributed by atoms with Crippen molar-refractivity contribution in [1.29, 1.82) is 0 Å². The lowest BCUT2D eigenvalue weighted by Crippen LogP contribution is -2.50. The Balaban J connectivity index is 1.54. The zero-order valence-electron chi connectivity index (χ0n) is 16.1. The van der Waals surface area contributed by atoms with Crippen LogP contribution in [0.4, 0.5) is 0 Å². The molecular formula is C19H26N6O2. The van der Waals surface area contributed by atoms with E-state index in [0.717, 1.165) is 25.3 Å². The topological polar surface area (TPSA) is 84.2 Å². The summed E-state index contributed by atoms with van der Waals surface area (Å²) in [7, 11) is 0. The number of nitrogens with zero attached hydrogens (tertiary/aromatic N) is 6. The molecule has 0 atom stereocenters. The molecule has 144 valence electrons. The van der Waals surface area contributed by atoms with Crippen LogP contribution in [0.1, 0.15) is 37.1 Å². The van der Waals surface area contributed by atoms with Gasteiger partial charge in [0.05, 0.1) is 12.2 Å². The van der Waals surface area contributed by atoms with Gasteiger partial charge in [-0.15, -0.1) is 0 Å². The predicted molar refractivity (Wildman–Crippen MR) is 102 cm³/mol. The van der Waals surface area contributed by atoms with Crippen molar-refractivity contribution < 1.29 is 4.79 Å². The highest BCUT2D eigenvalue weighted by Gasteiger charge is 2.23. The molecule has 0 bridgehead atoms. The number of rotatable bonds is 4. The lowest BCUT2D eigenvalue weighted by molar-refractivity contribution is 0.0619. The summed E-state index contributed by atoms with van der Waals surface area (Å²) >= 11 is 0. The molecule has 0 radical (unpaired) electrons. The van der Waals surface area contributed by atoms with Gasteiger partial charge in [0.15, 0.2) is 0 Å². The van der Waals surface area contributed by atoms with E-state index in [9.17, 15) is 9.59 Å². The van der Waals surface area contributed by atoms with E-state index in [1.165, 1.54) is 4.68 Å². The SMILES string of the molecule is CC(C)(C)c1ccc(=O)n(CCN2CCN(C(=O)c3ncccn3)CC2)n1. The molecule has 1 amide bonds. The molecule has 27 heavy (non-hydrogen) atoms. The van der Waals surface area contributed by atoms with E-state index in [0.29, 0.717) is 19.6 Å². The molecule has 2 aromatic heterocycles. The fraction of sp³-hybridized carbons (Fsp3) is 0.526. The third kappa shape index (κ3) is 4.77. The van der Waals surface area contributed by atoms with Crippen LogP contribution in [0.15, 0.2) is 35.4 Å². The Morgan fingerprint density at radius 1 is 1.04 bits per heavy atom. The molecule has 2 aromatic rings. The van der Waals surface area contributed by atoms with Gasteiger partial charge in [-0.25, -0.2) is 14.6 Å². The van der Waals surface area contributed by atoms with Crippen LogP contribution in [0, 0.1) is 0 Å². The summed E-state index contributed by atoms with van der Waals surface area (Å²) in [6.45, 7) is 10.3. The number of piperazine rings is 1. The van der Waals surface area contributed by atoms with Crippen molar-refractivity contribution in [3.8, 4) is 0 Å². The van der Waals surface area contributed by atoms with E-state index in [4.69, 9.17) is 0 Å². The molecule has 1 aliphatic heterocycles. The van der Waals surface area contributed by atoms with Gasteiger partial charge in [0.25, 0.3) is 11.5 Å². The third-order valence-electron chi connectivity index (χ3n) is 4.68. The van der Waals surface area contributed by atoms with Crippen LogP contribution in [0.25, 0.3) is 0 Å². The first-order valence-electron chi connectivity index (χ1n) is 9.22. The number of hydrogen-bond donors (Lipinski definition) is 0. The van der Waals surface area contributed by atoms with Gasteiger partial charge in [0.2, 0.25) is 5.82 Å². The Bertz CT molecular complexity index is 835. The molecule has 1 saturated heterocycles. The highest BCUT2D eigenvalue weighted by Crippen LogP contribution is 2.18.